The molecule has 4 rings (SSSR count). The van der Waals surface area contributed by atoms with E-state index in [1.54, 1.807) is 0 Å². The van der Waals surface area contributed by atoms with Crippen LogP contribution in [-0.2, 0) is 19.1 Å². The van der Waals surface area contributed by atoms with Crippen molar-refractivity contribution in [3.63, 3.8) is 0 Å². The second-order valence-corrected chi connectivity index (χ2v) is 6.90. The van der Waals surface area contributed by atoms with E-state index < -0.39 is 11.7 Å². The molecular weight excluding hydrogens is 387 g/mol. The predicted octanol–water partition coefficient (Wildman–Crippen LogP) is 2.87. The molecule has 0 aromatic carbocycles. The number of hydrogen-bond acceptors (Lipinski definition) is 7. The minimum absolute atomic E-state index is 0.0607. The van der Waals surface area contributed by atoms with Gasteiger partial charge in [-0.05, 0) is 20.3 Å². The SMILES string of the molecule is CNc1nc(Nc2cn(C3CCc4nnc(C)n4C3)nc2C)ncc1C(F)(F)F. The van der Waals surface area contributed by atoms with Crippen molar-refractivity contribution in [3.05, 3.63) is 35.3 Å². The van der Waals surface area contributed by atoms with Gasteiger partial charge in [-0.25, -0.2) is 4.98 Å². The van der Waals surface area contributed by atoms with Gasteiger partial charge in [-0.15, -0.1) is 10.2 Å². The standard InChI is InChI=1S/C17H20F3N9/c1-9-13(23-16-22-6-12(17(18,19)20)15(21-3)24-16)8-29(27-9)11-4-5-14-26-25-10(2)28(14)7-11/h6,8,11H,4-5,7H2,1-3H3,(H2,21,22,23,24). The molecule has 1 aliphatic heterocycles. The monoisotopic (exact) mass is 407 g/mol. The Balaban J connectivity index is 1.56. The Kier molecular flexibility index (Phi) is 4.63. The minimum atomic E-state index is -4.53. The van der Waals surface area contributed by atoms with E-state index in [2.05, 4.69) is 40.5 Å². The third-order valence-corrected chi connectivity index (χ3v) is 4.98. The summed E-state index contributed by atoms with van der Waals surface area (Å²) in [6, 6.07) is 0.132. The Morgan fingerprint density at radius 1 is 1.21 bits per heavy atom. The van der Waals surface area contributed by atoms with Crippen molar-refractivity contribution in [1.29, 1.82) is 0 Å². The van der Waals surface area contributed by atoms with Crippen LogP contribution in [0.4, 0.5) is 30.6 Å². The van der Waals surface area contributed by atoms with Gasteiger partial charge in [0.25, 0.3) is 0 Å². The van der Waals surface area contributed by atoms with Gasteiger partial charge >= 0.3 is 6.18 Å². The topological polar surface area (TPSA) is 98.4 Å². The number of rotatable bonds is 4. The first-order valence-corrected chi connectivity index (χ1v) is 9.09. The first kappa shape index (κ1) is 19.2. The summed E-state index contributed by atoms with van der Waals surface area (Å²) >= 11 is 0. The number of aromatic nitrogens is 7. The van der Waals surface area contributed by atoms with Crippen LogP contribution in [0, 0.1) is 13.8 Å². The molecule has 3 aromatic rings. The van der Waals surface area contributed by atoms with Crippen LogP contribution < -0.4 is 10.6 Å². The van der Waals surface area contributed by atoms with Crippen molar-refractivity contribution < 1.29 is 13.2 Å². The van der Waals surface area contributed by atoms with Gasteiger partial charge < -0.3 is 15.2 Å². The van der Waals surface area contributed by atoms with Gasteiger partial charge in [0.2, 0.25) is 5.95 Å². The summed E-state index contributed by atoms with van der Waals surface area (Å²) in [5, 5.41) is 18.3. The number of aryl methyl sites for hydroxylation is 3. The van der Waals surface area contributed by atoms with E-state index in [1.807, 2.05) is 24.7 Å². The van der Waals surface area contributed by atoms with E-state index in [4.69, 9.17) is 0 Å². The van der Waals surface area contributed by atoms with Crippen molar-refractivity contribution in [2.45, 2.75) is 45.5 Å². The lowest BCUT2D eigenvalue weighted by Crippen LogP contribution is -2.24. The molecule has 12 heteroatoms. The Morgan fingerprint density at radius 2 is 2.00 bits per heavy atom. The zero-order valence-corrected chi connectivity index (χ0v) is 16.1. The lowest BCUT2D eigenvalue weighted by atomic mass is 10.1. The molecule has 1 aliphatic rings. The second kappa shape index (κ2) is 7.01. The fraction of sp³-hybridized carbons (Fsp3) is 0.471. The number of alkyl halides is 3. The third-order valence-electron chi connectivity index (χ3n) is 4.98. The molecule has 0 bridgehead atoms. The first-order valence-electron chi connectivity index (χ1n) is 9.09. The van der Waals surface area contributed by atoms with Gasteiger partial charge in [0.1, 0.15) is 23.0 Å². The Labute approximate surface area is 164 Å². The molecule has 29 heavy (non-hydrogen) atoms. The largest absolute Gasteiger partial charge is 0.421 e. The Hall–Kier alpha value is -3.18. The zero-order valence-electron chi connectivity index (χ0n) is 16.1. The molecule has 9 nitrogen and oxygen atoms in total. The maximum atomic E-state index is 13.0. The van der Waals surface area contributed by atoms with E-state index in [1.165, 1.54) is 7.05 Å². The average molecular weight is 407 g/mol. The maximum absolute atomic E-state index is 13.0. The number of anilines is 3. The van der Waals surface area contributed by atoms with Crippen molar-refractivity contribution in [3.8, 4) is 0 Å². The minimum Gasteiger partial charge on any atom is -0.372 e. The van der Waals surface area contributed by atoms with Gasteiger partial charge in [-0.1, -0.05) is 0 Å². The molecule has 1 atom stereocenters. The number of nitrogens with one attached hydrogen (secondary N) is 2. The summed E-state index contributed by atoms with van der Waals surface area (Å²) in [5.74, 6) is 1.61. The lowest BCUT2D eigenvalue weighted by Gasteiger charge is -2.24. The highest BCUT2D eigenvalue weighted by molar-refractivity contribution is 5.57. The quantitative estimate of drug-likeness (QED) is 0.686. The maximum Gasteiger partial charge on any atom is 0.421 e. The Morgan fingerprint density at radius 3 is 2.72 bits per heavy atom. The van der Waals surface area contributed by atoms with Crippen LogP contribution in [0.1, 0.15) is 35.4 Å². The van der Waals surface area contributed by atoms with E-state index in [-0.39, 0.29) is 17.8 Å². The average Bonchev–Trinajstić information content (AvgIpc) is 3.23. The third kappa shape index (κ3) is 3.61. The second-order valence-electron chi connectivity index (χ2n) is 6.90. The molecule has 0 amide bonds. The van der Waals surface area contributed by atoms with Gasteiger partial charge in [0.05, 0.1) is 17.4 Å². The molecule has 3 aromatic heterocycles. The van der Waals surface area contributed by atoms with Crippen molar-refractivity contribution in [1.82, 2.24) is 34.5 Å². The fourth-order valence-corrected chi connectivity index (χ4v) is 3.41. The molecule has 0 aliphatic carbocycles. The van der Waals surface area contributed by atoms with Crippen LogP contribution in [0.2, 0.25) is 0 Å². The summed E-state index contributed by atoms with van der Waals surface area (Å²) in [6.45, 7) is 4.46. The highest BCUT2D eigenvalue weighted by Crippen LogP contribution is 2.34. The summed E-state index contributed by atoms with van der Waals surface area (Å²) in [7, 11) is 1.38. The van der Waals surface area contributed by atoms with E-state index in [0.29, 0.717) is 11.4 Å². The fourth-order valence-electron chi connectivity index (χ4n) is 3.41. The van der Waals surface area contributed by atoms with Crippen LogP contribution in [0.5, 0.6) is 0 Å². The molecule has 0 radical (unpaired) electrons. The number of fused-ring (bicyclic) bond motifs is 1. The summed E-state index contributed by atoms with van der Waals surface area (Å²) in [4.78, 5) is 7.75. The molecule has 4 heterocycles. The molecule has 0 saturated heterocycles. The molecule has 0 fully saturated rings. The normalized spacial score (nSPS) is 16.6. The molecule has 2 N–H and O–H groups in total. The van der Waals surface area contributed by atoms with Crippen LogP contribution >= 0.6 is 0 Å². The Bertz CT molecular complexity index is 1040. The molecule has 0 saturated carbocycles. The molecule has 154 valence electrons. The summed E-state index contributed by atoms with van der Waals surface area (Å²) in [5.41, 5.74) is 0.421. The van der Waals surface area contributed by atoms with Crippen molar-refractivity contribution in [2.75, 3.05) is 17.7 Å². The highest BCUT2D eigenvalue weighted by atomic mass is 19.4. The van der Waals surface area contributed by atoms with Crippen LogP contribution in [0.25, 0.3) is 0 Å². The first-order chi connectivity index (χ1) is 13.8. The van der Waals surface area contributed by atoms with Crippen LogP contribution in [0.3, 0.4) is 0 Å². The van der Waals surface area contributed by atoms with Crippen molar-refractivity contribution in [2.24, 2.45) is 0 Å². The number of nitrogens with zero attached hydrogens (tertiary/aromatic N) is 7. The molecule has 0 spiro atoms. The molecular formula is C17H20F3N9. The number of halogens is 3. The summed E-state index contributed by atoms with van der Waals surface area (Å²) in [6.07, 6.45) is -0.263. The van der Waals surface area contributed by atoms with E-state index in [0.717, 1.165) is 37.2 Å². The predicted molar refractivity (Wildman–Crippen MR) is 98.9 cm³/mol. The van der Waals surface area contributed by atoms with Gasteiger partial charge in [-0.3, -0.25) is 4.68 Å². The zero-order chi connectivity index (χ0) is 20.8. The van der Waals surface area contributed by atoms with Gasteiger partial charge in [0, 0.05) is 32.4 Å². The van der Waals surface area contributed by atoms with Crippen molar-refractivity contribution >= 4 is 17.5 Å². The lowest BCUT2D eigenvalue weighted by molar-refractivity contribution is -0.137. The van der Waals surface area contributed by atoms with E-state index in [9.17, 15) is 13.2 Å². The van der Waals surface area contributed by atoms with Crippen LogP contribution in [0.15, 0.2) is 12.4 Å². The van der Waals surface area contributed by atoms with Gasteiger partial charge in [0.15, 0.2) is 0 Å². The smallest absolute Gasteiger partial charge is 0.372 e. The summed E-state index contributed by atoms with van der Waals surface area (Å²) < 4.78 is 43.0. The highest BCUT2D eigenvalue weighted by Gasteiger charge is 2.35. The number of hydrogen-bond donors (Lipinski definition) is 2. The van der Waals surface area contributed by atoms with Gasteiger partial charge in [-0.2, -0.15) is 23.3 Å². The van der Waals surface area contributed by atoms with E-state index >= 15 is 0 Å². The molecule has 1 unspecified atom stereocenters. The van der Waals surface area contributed by atoms with Crippen LogP contribution in [-0.4, -0.2) is 41.6 Å².